The number of aliphatic imine (C=N–C) groups is 1. The van der Waals surface area contributed by atoms with Gasteiger partial charge in [-0.1, -0.05) is 12.1 Å². The molecule has 0 atom stereocenters. The predicted molar refractivity (Wildman–Crippen MR) is 105 cm³/mol. The lowest BCUT2D eigenvalue weighted by Gasteiger charge is -2.22. The van der Waals surface area contributed by atoms with Gasteiger partial charge in [0, 0.05) is 23.9 Å². The third-order valence-electron chi connectivity index (χ3n) is 3.31. The quantitative estimate of drug-likeness (QED) is 0.664. The summed E-state index contributed by atoms with van der Waals surface area (Å²) >= 11 is 0. The number of nitrogens with zero attached hydrogens (tertiary/aromatic N) is 1. The second-order valence-corrected chi connectivity index (χ2v) is 8.62. The monoisotopic (exact) mass is 367 g/mol. The zero-order chi connectivity index (χ0) is 19.3. The predicted octanol–water partition coefficient (Wildman–Crippen LogP) is 2.54. The maximum absolute atomic E-state index is 9.19. The first-order chi connectivity index (χ1) is 11.3. The number of rotatable bonds is 1. The number of amidine groups is 1. The molecule has 6 nitrogen and oxygen atoms in total. The molecule has 0 spiro atoms. The van der Waals surface area contributed by atoms with Crippen molar-refractivity contribution in [2.75, 3.05) is 19.3 Å². The van der Waals surface area contributed by atoms with Gasteiger partial charge in [0.1, 0.15) is 5.84 Å². The Morgan fingerprint density at radius 1 is 1.20 bits per heavy atom. The van der Waals surface area contributed by atoms with E-state index in [-0.39, 0.29) is 5.54 Å². The van der Waals surface area contributed by atoms with Crippen LogP contribution in [0.15, 0.2) is 29.3 Å². The van der Waals surface area contributed by atoms with Gasteiger partial charge >= 0.3 is 0 Å². The highest BCUT2D eigenvalue weighted by molar-refractivity contribution is 7.85. The second-order valence-electron chi connectivity index (χ2n) is 7.16. The van der Waals surface area contributed by atoms with Crippen LogP contribution in [0.5, 0.6) is 0 Å². The Hall–Kier alpha value is -1.86. The van der Waals surface area contributed by atoms with Crippen molar-refractivity contribution in [3.8, 4) is 0 Å². The molecule has 1 aromatic rings. The van der Waals surface area contributed by atoms with Crippen molar-refractivity contribution in [2.45, 2.75) is 40.2 Å². The van der Waals surface area contributed by atoms with Gasteiger partial charge in [0.15, 0.2) is 0 Å². The zero-order valence-corrected chi connectivity index (χ0v) is 16.7. The van der Waals surface area contributed by atoms with E-state index in [0.29, 0.717) is 6.26 Å². The van der Waals surface area contributed by atoms with Crippen molar-refractivity contribution in [1.82, 2.24) is 10.6 Å². The van der Waals surface area contributed by atoms with Crippen molar-refractivity contribution >= 4 is 21.7 Å². The zero-order valence-electron chi connectivity index (χ0n) is 15.8. The molecule has 1 aliphatic rings. The van der Waals surface area contributed by atoms with Gasteiger partial charge < -0.3 is 10.6 Å². The van der Waals surface area contributed by atoms with Crippen molar-refractivity contribution in [2.24, 2.45) is 4.99 Å². The molecule has 0 fully saturated rings. The van der Waals surface area contributed by atoms with Crippen LogP contribution in [0.1, 0.15) is 37.5 Å². The molecular weight excluding hydrogens is 338 g/mol. The van der Waals surface area contributed by atoms with Crippen LogP contribution in [0.2, 0.25) is 0 Å². The average Bonchev–Trinajstić information content (AvgIpc) is 2.63. The summed E-state index contributed by atoms with van der Waals surface area (Å²) in [6, 6.07) is 6.57. The van der Waals surface area contributed by atoms with Crippen LogP contribution in [-0.4, -0.2) is 43.7 Å². The van der Waals surface area contributed by atoms with E-state index in [4.69, 9.17) is 4.55 Å². The maximum Gasteiger partial charge on any atom is 0.261 e. The fourth-order valence-electron chi connectivity index (χ4n) is 2.15. The first-order valence-corrected chi connectivity index (χ1v) is 9.98. The molecule has 0 saturated heterocycles. The first-order valence-electron chi connectivity index (χ1n) is 8.13. The highest BCUT2D eigenvalue weighted by atomic mass is 32.2. The van der Waals surface area contributed by atoms with Crippen molar-refractivity contribution in [3.63, 3.8) is 0 Å². The summed E-state index contributed by atoms with van der Waals surface area (Å²) in [6.07, 6.45) is 2.83. The lowest BCUT2D eigenvalue weighted by Crippen LogP contribution is -2.40. The van der Waals surface area contributed by atoms with Crippen molar-refractivity contribution in [1.29, 1.82) is 0 Å². The third kappa shape index (κ3) is 9.26. The number of benzene rings is 1. The molecule has 0 unspecified atom stereocenters. The highest BCUT2D eigenvalue weighted by Crippen LogP contribution is 2.17. The molecule has 2 rings (SSSR count). The topological polar surface area (TPSA) is 90.8 Å². The average molecular weight is 368 g/mol. The second kappa shape index (κ2) is 8.49. The van der Waals surface area contributed by atoms with E-state index in [1.54, 1.807) is 0 Å². The molecule has 1 heterocycles. The highest BCUT2D eigenvalue weighted by Gasteiger charge is 2.14. The largest absolute Gasteiger partial charge is 0.383 e. The number of hydrogen-bond donors (Lipinski definition) is 3. The van der Waals surface area contributed by atoms with Crippen LogP contribution in [-0.2, 0) is 10.1 Å². The lowest BCUT2D eigenvalue weighted by molar-refractivity contribution is 0.490. The van der Waals surface area contributed by atoms with E-state index in [0.717, 1.165) is 24.6 Å². The van der Waals surface area contributed by atoms with Crippen LogP contribution >= 0.6 is 0 Å². The number of aryl methyl sites for hydroxylation is 2. The van der Waals surface area contributed by atoms with Crippen LogP contribution in [0, 0.1) is 13.8 Å². The number of hydrogen-bond acceptors (Lipinski definition) is 5. The van der Waals surface area contributed by atoms with E-state index < -0.39 is 10.1 Å². The van der Waals surface area contributed by atoms with Gasteiger partial charge in [-0.05, 0) is 57.4 Å². The van der Waals surface area contributed by atoms with E-state index >= 15 is 0 Å². The van der Waals surface area contributed by atoms with Crippen molar-refractivity contribution in [3.05, 3.63) is 41.0 Å². The van der Waals surface area contributed by atoms with Gasteiger partial charge in [-0.15, -0.1) is 0 Å². The summed E-state index contributed by atoms with van der Waals surface area (Å²) in [4.78, 5) is 4.59. The SMILES string of the molecule is CS(=O)(=O)O.Cc1ccc(C2=CC(NC(C)(C)C)=NCCN2)cc1C. The van der Waals surface area contributed by atoms with E-state index in [1.807, 2.05) is 0 Å². The first kappa shape index (κ1) is 21.2. The molecule has 3 N–H and O–H groups in total. The minimum Gasteiger partial charge on any atom is -0.383 e. The van der Waals surface area contributed by atoms with E-state index in [2.05, 4.69) is 74.5 Å². The van der Waals surface area contributed by atoms with Gasteiger partial charge in [0.2, 0.25) is 0 Å². The summed E-state index contributed by atoms with van der Waals surface area (Å²) in [5.74, 6) is 0.954. The molecular formula is C18H29N3O3S. The number of nitrogens with one attached hydrogen (secondary N) is 2. The summed E-state index contributed by atoms with van der Waals surface area (Å²) in [6.45, 7) is 12.4. The van der Waals surface area contributed by atoms with Gasteiger partial charge in [-0.2, -0.15) is 8.42 Å². The molecule has 0 amide bonds. The van der Waals surface area contributed by atoms with Gasteiger partial charge in [-0.3, -0.25) is 9.55 Å². The Labute approximate surface area is 151 Å². The lowest BCUT2D eigenvalue weighted by atomic mass is 10.0. The smallest absolute Gasteiger partial charge is 0.261 e. The van der Waals surface area contributed by atoms with Crippen molar-refractivity contribution < 1.29 is 13.0 Å². The molecule has 0 bridgehead atoms. The van der Waals surface area contributed by atoms with Crippen LogP contribution in [0.25, 0.3) is 5.70 Å². The Balaban J connectivity index is 0.000000550. The maximum atomic E-state index is 9.19. The van der Waals surface area contributed by atoms with Crippen LogP contribution in [0.3, 0.4) is 0 Å². The molecule has 1 aliphatic heterocycles. The molecule has 140 valence electrons. The molecule has 0 aromatic heterocycles. The summed E-state index contributed by atoms with van der Waals surface area (Å²) < 4.78 is 25.9. The summed E-state index contributed by atoms with van der Waals surface area (Å²) in [5.41, 5.74) is 5.02. The van der Waals surface area contributed by atoms with E-state index in [1.165, 1.54) is 16.7 Å². The normalized spacial score (nSPS) is 15.0. The molecule has 7 heteroatoms. The van der Waals surface area contributed by atoms with Crippen LogP contribution < -0.4 is 10.6 Å². The van der Waals surface area contributed by atoms with Gasteiger partial charge in [0.05, 0.1) is 12.8 Å². The fourth-order valence-corrected chi connectivity index (χ4v) is 2.15. The molecule has 25 heavy (non-hydrogen) atoms. The molecule has 0 aliphatic carbocycles. The van der Waals surface area contributed by atoms with Gasteiger partial charge in [0.25, 0.3) is 10.1 Å². The van der Waals surface area contributed by atoms with E-state index in [9.17, 15) is 8.42 Å². The van der Waals surface area contributed by atoms with Crippen LogP contribution in [0.4, 0.5) is 0 Å². The minimum atomic E-state index is -3.67. The molecule has 1 aromatic carbocycles. The summed E-state index contributed by atoms with van der Waals surface area (Å²) in [7, 11) is -3.67. The Morgan fingerprint density at radius 2 is 1.80 bits per heavy atom. The molecule has 0 saturated carbocycles. The Morgan fingerprint density at radius 3 is 2.32 bits per heavy atom. The summed E-state index contributed by atoms with van der Waals surface area (Å²) in [5, 5.41) is 6.92. The molecule has 0 radical (unpaired) electrons. The minimum absolute atomic E-state index is 0.0218. The van der Waals surface area contributed by atoms with Gasteiger partial charge in [-0.25, -0.2) is 0 Å². The third-order valence-corrected chi connectivity index (χ3v) is 3.31. The Kier molecular flexibility index (Phi) is 7.19. The standard InChI is InChI=1S/C17H25N3.CH4O3S/c1-12-6-7-14(10-13(12)2)15-11-16(19-9-8-18-15)20-17(3,4)5;1-5(2,3)4/h6-7,10-11,18H,8-9H2,1-5H3,(H,19,20);1H3,(H,2,3,4). The fraction of sp³-hybridized carbons (Fsp3) is 0.500. The Bertz CT molecular complexity index is 752.